The Labute approximate surface area is 192 Å². The summed E-state index contributed by atoms with van der Waals surface area (Å²) < 4.78 is 5.80. The number of rotatable bonds is 10. The Morgan fingerprint density at radius 2 is 1.84 bits per heavy atom. The van der Waals surface area contributed by atoms with E-state index in [1.165, 1.54) is 48.8 Å². The molecule has 3 aliphatic rings. The molecule has 32 heavy (non-hydrogen) atoms. The first kappa shape index (κ1) is 21.5. The number of carbonyl (C=O) groups is 1. The molecule has 170 valence electrons. The van der Waals surface area contributed by atoms with E-state index in [-0.39, 0.29) is 11.9 Å². The van der Waals surface area contributed by atoms with Crippen LogP contribution in [0.5, 0.6) is 5.75 Å². The highest BCUT2D eigenvalue weighted by Gasteiger charge is 2.39. The molecule has 3 aliphatic carbocycles. The number of nitrogens with zero attached hydrogens (tertiary/aromatic N) is 1. The molecule has 0 heterocycles. The maximum atomic E-state index is 13.1. The van der Waals surface area contributed by atoms with Gasteiger partial charge in [0.15, 0.2) is 0 Å². The van der Waals surface area contributed by atoms with Gasteiger partial charge in [0.1, 0.15) is 5.75 Å². The van der Waals surface area contributed by atoms with Gasteiger partial charge < -0.3 is 15.0 Å². The lowest BCUT2D eigenvalue weighted by atomic mass is 10.0. The largest absolute Gasteiger partial charge is 0.493 e. The van der Waals surface area contributed by atoms with E-state index in [2.05, 4.69) is 30.4 Å². The Morgan fingerprint density at radius 3 is 2.53 bits per heavy atom. The van der Waals surface area contributed by atoms with E-state index in [0.717, 1.165) is 49.8 Å². The van der Waals surface area contributed by atoms with Crippen molar-refractivity contribution in [3.8, 4) is 5.75 Å². The van der Waals surface area contributed by atoms with Gasteiger partial charge in [0, 0.05) is 31.7 Å². The van der Waals surface area contributed by atoms with Crippen molar-refractivity contribution in [2.75, 3.05) is 20.2 Å². The third-order valence-corrected chi connectivity index (χ3v) is 7.87. The van der Waals surface area contributed by atoms with Crippen molar-refractivity contribution in [3.63, 3.8) is 0 Å². The van der Waals surface area contributed by atoms with Crippen molar-refractivity contribution in [2.24, 2.45) is 11.3 Å². The van der Waals surface area contributed by atoms with Gasteiger partial charge in [-0.05, 0) is 97.2 Å². The summed E-state index contributed by atoms with van der Waals surface area (Å²) in [6, 6.07) is 14.7. The van der Waals surface area contributed by atoms with Gasteiger partial charge in [-0.2, -0.15) is 0 Å². The summed E-state index contributed by atoms with van der Waals surface area (Å²) >= 11 is 0. The molecule has 2 fully saturated rings. The van der Waals surface area contributed by atoms with E-state index in [0.29, 0.717) is 5.41 Å². The van der Waals surface area contributed by atoms with E-state index in [1.54, 1.807) is 0 Å². The van der Waals surface area contributed by atoms with Crippen LogP contribution in [0.15, 0.2) is 42.5 Å². The van der Waals surface area contributed by atoms with E-state index in [9.17, 15) is 4.79 Å². The van der Waals surface area contributed by atoms with E-state index in [1.807, 2.05) is 36.2 Å². The Bertz CT molecular complexity index is 960. The summed E-state index contributed by atoms with van der Waals surface area (Å²) in [7, 11) is 1.94. The Balaban J connectivity index is 1.15. The van der Waals surface area contributed by atoms with Crippen LogP contribution >= 0.6 is 0 Å². The summed E-state index contributed by atoms with van der Waals surface area (Å²) in [5, 5.41) is 3.67. The monoisotopic (exact) mass is 432 g/mol. The number of hydrogen-bond acceptors (Lipinski definition) is 3. The predicted octanol–water partition coefficient (Wildman–Crippen LogP) is 4.99. The molecule has 5 rings (SSSR count). The molecule has 0 bridgehead atoms. The van der Waals surface area contributed by atoms with Crippen LogP contribution in [0.25, 0.3) is 0 Å². The van der Waals surface area contributed by atoms with Gasteiger partial charge in [-0.1, -0.05) is 25.1 Å². The average molecular weight is 433 g/mol. The van der Waals surface area contributed by atoms with E-state index in [4.69, 9.17) is 4.74 Å². The first-order valence-corrected chi connectivity index (χ1v) is 12.4. The normalized spacial score (nSPS) is 20.6. The number of likely N-dealkylation sites (N-methyl/N-ethyl adjacent to an activating group) is 1. The molecule has 2 aromatic rings. The highest BCUT2D eigenvalue weighted by Crippen LogP contribution is 2.47. The van der Waals surface area contributed by atoms with Crippen LogP contribution in [0.4, 0.5) is 0 Å². The number of amides is 1. The first-order valence-electron chi connectivity index (χ1n) is 12.4. The molecule has 4 nitrogen and oxygen atoms in total. The number of carbonyl (C=O) groups excluding carboxylic acids is 1. The van der Waals surface area contributed by atoms with Gasteiger partial charge in [0.05, 0.1) is 6.61 Å². The fraction of sp³-hybridized carbons (Fsp3) is 0.536. The quantitative estimate of drug-likeness (QED) is 0.575. The number of ether oxygens (including phenoxy) is 1. The SMILES string of the molecule is CCC1(CNCc2ccc3c(c2)C[C@H](N(C)C(=O)c2ccc(OCC4CC4)cc2)C3)CC1. The second-order valence-corrected chi connectivity index (χ2v) is 10.3. The zero-order valence-corrected chi connectivity index (χ0v) is 19.5. The van der Waals surface area contributed by atoms with Gasteiger partial charge in [-0.15, -0.1) is 0 Å². The maximum Gasteiger partial charge on any atom is 0.253 e. The molecule has 0 radical (unpaired) electrons. The standard InChI is InChI=1S/C28H36N2O2/c1-3-28(12-13-28)19-29-17-21-6-7-23-15-25(16-24(23)14-21)30(2)27(31)22-8-10-26(11-9-22)32-18-20-4-5-20/h6-11,14,20,25,29H,3-5,12-13,15-19H2,1-2H3/t25-/m1/s1. The van der Waals surface area contributed by atoms with Gasteiger partial charge in [-0.3, -0.25) is 4.79 Å². The highest BCUT2D eigenvalue weighted by molar-refractivity contribution is 5.94. The summed E-state index contributed by atoms with van der Waals surface area (Å²) in [5.41, 5.74) is 5.44. The third-order valence-electron chi connectivity index (χ3n) is 7.87. The predicted molar refractivity (Wildman–Crippen MR) is 128 cm³/mol. The van der Waals surface area contributed by atoms with Crippen LogP contribution in [0.1, 0.15) is 66.1 Å². The molecule has 0 aliphatic heterocycles. The van der Waals surface area contributed by atoms with Crippen LogP contribution in [-0.4, -0.2) is 37.0 Å². The van der Waals surface area contributed by atoms with Crippen molar-refractivity contribution in [3.05, 3.63) is 64.7 Å². The molecule has 2 saturated carbocycles. The lowest BCUT2D eigenvalue weighted by molar-refractivity contribution is 0.0737. The number of fused-ring (bicyclic) bond motifs is 1. The van der Waals surface area contributed by atoms with Crippen LogP contribution in [-0.2, 0) is 19.4 Å². The molecule has 2 aromatic carbocycles. The lowest BCUT2D eigenvalue weighted by Crippen LogP contribution is -2.37. The molecule has 0 unspecified atom stereocenters. The van der Waals surface area contributed by atoms with Crippen LogP contribution in [0.2, 0.25) is 0 Å². The second kappa shape index (κ2) is 8.90. The molecule has 4 heteroatoms. The minimum absolute atomic E-state index is 0.0905. The van der Waals surface area contributed by atoms with Crippen LogP contribution in [0.3, 0.4) is 0 Å². The lowest BCUT2D eigenvalue weighted by Gasteiger charge is -2.24. The van der Waals surface area contributed by atoms with Crippen molar-refractivity contribution in [1.29, 1.82) is 0 Å². The van der Waals surface area contributed by atoms with Crippen molar-refractivity contribution >= 4 is 5.91 Å². The molecule has 1 N–H and O–H groups in total. The smallest absolute Gasteiger partial charge is 0.253 e. The van der Waals surface area contributed by atoms with E-state index >= 15 is 0 Å². The van der Waals surface area contributed by atoms with Gasteiger partial charge in [-0.25, -0.2) is 0 Å². The third kappa shape index (κ3) is 4.85. The topological polar surface area (TPSA) is 41.6 Å². The molecule has 1 amide bonds. The van der Waals surface area contributed by atoms with Crippen molar-refractivity contribution in [2.45, 2.75) is 64.5 Å². The minimum atomic E-state index is 0.0905. The number of nitrogens with one attached hydrogen (secondary N) is 1. The Morgan fingerprint density at radius 1 is 1.09 bits per heavy atom. The summed E-state index contributed by atoms with van der Waals surface area (Å²) in [6.45, 7) is 5.16. The molecule has 0 aromatic heterocycles. The summed E-state index contributed by atoms with van der Waals surface area (Å²) in [6.07, 6.45) is 8.46. The molecule has 0 saturated heterocycles. The molecule has 1 atom stereocenters. The number of benzene rings is 2. The minimum Gasteiger partial charge on any atom is -0.493 e. The molecular weight excluding hydrogens is 396 g/mol. The maximum absolute atomic E-state index is 13.1. The van der Waals surface area contributed by atoms with Crippen LogP contribution < -0.4 is 10.1 Å². The number of hydrogen-bond donors (Lipinski definition) is 1. The first-order chi connectivity index (χ1) is 15.5. The summed E-state index contributed by atoms with van der Waals surface area (Å²) in [4.78, 5) is 15.0. The van der Waals surface area contributed by atoms with Gasteiger partial charge in [0.2, 0.25) is 0 Å². The average Bonchev–Trinajstić information content (AvgIpc) is 3.75. The molecule has 0 spiro atoms. The van der Waals surface area contributed by atoms with Gasteiger partial charge in [0.25, 0.3) is 5.91 Å². The van der Waals surface area contributed by atoms with Crippen LogP contribution in [0, 0.1) is 11.3 Å². The fourth-order valence-electron chi connectivity index (χ4n) is 4.90. The highest BCUT2D eigenvalue weighted by atomic mass is 16.5. The second-order valence-electron chi connectivity index (χ2n) is 10.3. The molecular formula is C28H36N2O2. The zero-order chi connectivity index (χ0) is 22.1. The van der Waals surface area contributed by atoms with E-state index < -0.39 is 0 Å². The van der Waals surface area contributed by atoms with Crippen molar-refractivity contribution < 1.29 is 9.53 Å². The summed E-state index contributed by atoms with van der Waals surface area (Å²) in [5.74, 6) is 1.68. The van der Waals surface area contributed by atoms with Gasteiger partial charge >= 0.3 is 0 Å². The fourth-order valence-corrected chi connectivity index (χ4v) is 4.90. The van der Waals surface area contributed by atoms with Crippen molar-refractivity contribution in [1.82, 2.24) is 10.2 Å². The Hall–Kier alpha value is -2.33. The Kier molecular flexibility index (Phi) is 5.98. The zero-order valence-electron chi connectivity index (χ0n) is 19.5.